The highest BCUT2D eigenvalue weighted by Crippen LogP contribution is 2.06. The van der Waals surface area contributed by atoms with E-state index in [1.165, 1.54) is 0 Å². The summed E-state index contributed by atoms with van der Waals surface area (Å²) in [6, 6.07) is 0. The number of hydrogen-bond acceptors (Lipinski definition) is 3. The van der Waals surface area contributed by atoms with Gasteiger partial charge in [-0.05, 0) is 0 Å². The van der Waals surface area contributed by atoms with Crippen LogP contribution in [0.2, 0.25) is 0 Å². The minimum Gasteiger partial charge on any atom is -0.382 e. The van der Waals surface area contributed by atoms with Crippen LogP contribution in [0.1, 0.15) is 27.2 Å². The summed E-state index contributed by atoms with van der Waals surface area (Å²) in [5.41, 5.74) is 0. The molecule has 1 fully saturated rings. The van der Waals surface area contributed by atoms with E-state index in [0.29, 0.717) is 32.7 Å². The fraction of sp³-hybridized carbons (Fsp3) is 0.909. The molecule has 1 aliphatic rings. The van der Waals surface area contributed by atoms with Crippen molar-refractivity contribution in [2.24, 2.45) is 0 Å². The standard InChI is InChI=1S/C9H17NO3.C2H6/c1-3-9(11)10-4-5-13-8(6-10)7-12-2;1-2/h8H,3-7H2,1-2H3;1-2H3. The predicted molar refractivity (Wildman–Crippen MR) is 59.8 cm³/mol. The second-order valence-electron chi connectivity index (χ2n) is 3.14. The van der Waals surface area contributed by atoms with Gasteiger partial charge in [-0.15, -0.1) is 0 Å². The van der Waals surface area contributed by atoms with E-state index in [1.807, 2.05) is 25.7 Å². The first-order valence-electron chi connectivity index (χ1n) is 5.66. The molecule has 0 spiro atoms. The first-order valence-corrected chi connectivity index (χ1v) is 5.66. The summed E-state index contributed by atoms with van der Waals surface area (Å²) < 4.78 is 10.4. The van der Waals surface area contributed by atoms with Gasteiger partial charge < -0.3 is 14.4 Å². The van der Waals surface area contributed by atoms with Crippen LogP contribution in [-0.4, -0.2) is 50.3 Å². The van der Waals surface area contributed by atoms with Gasteiger partial charge in [0.1, 0.15) is 0 Å². The molecule has 0 aromatic heterocycles. The average molecular weight is 217 g/mol. The van der Waals surface area contributed by atoms with Gasteiger partial charge in [-0.3, -0.25) is 4.79 Å². The molecule has 1 aliphatic heterocycles. The minimum atomic E-state index is 0.0502. The van der Waals surface area contributed by atoms with Crippen molar-refractivity contribution in [1.82, 2.24) is 4.90 Å². The molecule has 4 nitrogen and oxygen atoms in total. The third kappa shape index (κ3) is 5.14. The Morgan fingerprint density at radius 2 is 2.20 bits per heavy atom. The van der Waals surface area contributed by atoms with Crippen LogP contribution >= 0.6 is 0 Å². The van der Waals surface area contributed by atoms with Gasteiger partial charge in [0, 0.05) is 26.6 Å². The summed E-state index contributed by atoms with van der Waals surface area (Å²) in [5, 5.41) is 0. The lowest BCUT2D eigenvalue weighted by atomic mass is 10.2. The first-order chi connectivity index (χ1) is 7.27. The molecule has 0 aromatic rings. The summed E-state index contributed by atoms with van der Waals surface area (Å²) in [5.74, 6) is 0.199. The van der Waals surface area contributed by atoms with Gasteiger partial charge in [0.15, 0.2) is 0 Å². The highest BCUT2D eigenvalue weighted by Gasteiger charge is 2.22. The minimum absolute atomic E-state index is 0.0502. The fourth-order valence-corrected chi connectivity index (χ4v) is 1.46. The molecule has 0 bridgehead atoms. The van der Waals surface area contributed by atoms with Gasteiger partial charge in [-0.1, -0.05) is 20.8 Å². The Labute approximate surface area is 92.5 Å². The maximum absolute atomic E-state index is 11.3. The number of hydrogen-bond donors (Lipinski definition) is 0. The topological polar surface area (TPSA) is 38.8 Å². The lowest BCUT2D eigenvalue weighted by molar-refractivity contribution is -0.140. The average Bonchev–Trinajstić information content (AvgIpc) is 2.31. The Bertz CT molecular complexity index is 171. The normalized spacial score (nSPS) is 20.5. The number of nitrogens with zero attached hydrogens (tertiary/aromatic N) is 1. The van der Waals surface area contributed by atoms with Crippen LogP contribution in [0.3, 0.4) is 0 Å². The van der Waals surface area contributed by atoms with Crippen molar-refractivity contribution in [1.29, 1.82) is 0 Å². The van der Waals surface area contributed by atoms with E-state index in [-0.39, 0.29) is 12.0 Å². The van der Waals surface area contributed by atoms with Crippen LogP contribution in [0.25, 0.3) is 0 Å². The van der Waals surface area contributed by atoms with Crippen molar-refractivity contribution in [3.63, 3.8) is 0 Å². The smallest absolute Gasteiger partial charge is 0.222 e. The van der Waals surface area contributed by atoms with Crippen molar-refractivity contribution in [3.8, 4) is 0 Å². The van der Waals surface area contributed by atoms with Gasteiger partial charge >= 0.3 is 0 Å². The number of carbonyl (C=O) groups excluding carboxylic acids is 1. The van der Waals surface area contributed by atoms with Gasteiger partial charge in [0.05, 0.1) is 19.3 Å². The first kappa shape index (κ1) is 14.4. The molecule has 1 unspecified atom stereocenters. The second-order valence-corrected chi connectivity index (χ2v) is 3.14. The van der Waals surface area contributed by atoms with E-state index in [0.717, 1.165) is 0 Å². The van der Waals surface area contributed by atoms with Gasteiger partial charge in [-0.2, -0.15) is 0 Å². The summed E-state index contributed by atoms with van der Waals surface area (Å²) >= 11 is 0. The van der Waals surface area contributed by atoms with Crippen molar-refractivity contribution in [2.75, 3.05) is 33.4 Å². The number of carbonyl (C=O) groups is 1. The molecule has 1 rings (SSSR count). The van der Waals surface area contributed by atoms with E-state index in [1.54, 1.807) is 7.11 Å². The molecule has 0 saturated carbocycles. The molecular weight excluding hydrogens is 194 g/mol. The molecule has 4 heteroatoms. The van der Waals surface area contributed by atoms with Crippen molar-refractivity contribution < 1.29 is 14.3 Å². The van der Waals surface area contributed by atoms with E-state index in [2.05, 4.69) is 0 Å². The lowest BCUT2D eigenvalue weighted by Crippen LogP contribution is -2.46. The van der Waals surface area contributed by atoms with Crippen LogP contribution in [0.15, 0.2) is 0 Å². The summed E-state index contributed by atoms with van der Waals surface area (Å²) in [4.78, 5) is 13.2. The van der Waals surface area contributed by atoms with Crippen LogP contribution in [0.5, 0.6) is 0 Å². The molecule has 0 aromatic carbocycles. The molecule has 0 radical (unpaired) electrons. The van der Waals surface area contributed by atoms with Crippen molar-refractivity contribution >= 4 is 5.91 Å². The molecule has 1 amide bonds. The maximum atomic E-state index is 11.3. The second kappa shape index (κ2) is 8.68. The molecule has 0 N–H and O–H groups in total. The predicted octanol–water partition coefficient (Wildman–Crippen LogP) is 1.30. The molecule has 1 atom stereocenters. The van der Waals surface area contributed by atoms with Crippen molar-refractivity contribution in [2.45, 2.75) is 33.3 Å². The van der Waals surface area contributed by atoms with Crippen LogP contribution in [-0.2, 0) is 14.3 Å². The number of ether oxygens (including phenoxy) is 2. The molecular formula is C11H23NO3. The SMILES string of the molecule is CC.CCC(=O)N1CCOC(COC)C1. The Balaban J connectivity index is 0.000000921. The quantitative estimate of drug-likeness (QED) is 0.715. The Kier molecular flexibility index (Phi) is 8.33. The number of methoxy groups -OCH3 is 1. The lowest BCUT2D eigenvalue weighted by Gasteiger charge is -2.32. The summed E-state index contributed by atoms with van der Waals surface area (Å²) in [7, 11) is 1.64. The Morgan fingerprint density at radius 3 is 2.73 bits per heavy atom. The van der Waals surface area contributed by atoms with Crippen molar-refractivity contribution in [3.05, 3.63) is 0 Å². The zero-order valence-corrected chi connectivity index (χ0v) is 10.3. The molecule has 0 aliphatic carbocycles. The van der Waals surface area contributed by atoms with Gasteiger partial charge in [-0.25, -0.2) is 0 Å². The Hall–Kier alpha value is -0.610. The van der Waals surface area contributed by atoms with E-state index >= 15 is 0 Å². The fourth-order valence-electron chi connectivity index (χ4n) is 1.46. The molecule has 1 heterocycles. The Morgan fingerprint density at radius 1 is 1.53 bits per heavy atom. The van der Waals surface area contributed by atoms with Crippen LogP contribution in [0.4, 0.5) is 0 Å². The third-order valence-corrected chi connectivity index (χ3v) is 2.15. The molecule has 1 saturated heterocycles. The summed E-state index contributed by atoms with van der Waals surface area (Å²) in [6.07, 6.45) is 0.619. The zero-order valence-electron chi connectivity index (χ0n) is 10.3. The summed E-state index contributed by atoms with van der Waals surface area (Å²) in [6.45, 7) is 8.45. The van der Waals surface area contributed by atoms with E-state index in [4.69, 9.17) is 9.47 Å². The maximum Gasteiger partial charge on any atom is 0.222 e. The van der Waals surface area contributed by atoms with E-state index < -0.39 is 0 Å². The van der Waals surface area contributed by atoms with Gasteiger partial charge in [0.25, 0.3) is 0 Å². The van der Waals surface area contributed by atoms with Crippen LogP contribution in [0, 0.1) is 0 Å². The zero-order chi connectivity index (χ0) is 11.7. The highest BCUT2D eigenvalue weighted by molar-refractivity contribution is 5.75. The number of amides is 1. The largest absolute Gasteiger partial charge is 0.382 e. The van der Waals surface area contributed by atoms with Gasteiger partial charge in [0.2, 0.25) is 5.91 Å². The number of rotatable bonds is 3. The monoisotopic (exact) mass is 217 g/mol. The molecule has 15 heavy (non-hydrogen) atoms. The molecule has 90 valence electrons. The highest BCUT2D eigenvalue weighted by atomic mass is 16.5. The number of morpholine rings is 1. The van der Waals surface area contributed by atoms with Crippen LogP contribution < -0.4 is 0 Å². The van der Waals surface area contributed by atoms with E-state index in [9.17, 15) is 4.79 Å². The third-order valence-electron chi connectivity index (χ3n) is 2.15.